The molecule has 0 saturated carbocycles. The van der Waals surface area contributed by atoms with E-state index in [4.69, 9.17) is 30.9 Å². The molecule has 0 radical (unpaired) electrons. The number of rotatable bonds is 10. The van der Waals surface area contributed by atoms with E-state index < -0.39 is 19.6 Å². The maximum atomic E-state index is 10.4. The first-order valence-electron chi connectivity index (χ1n) is 7.47. The molecule has 0 bridgehead atoms. The summed E-state index contributed by atoms with van der Waals surface area (Å²) in [6, 6.07) is 8.43. The highest BCUT2D eigenvalue weighted by atomic mass is 32.9. The third-order valence-electron chi connectivity index (χ3n) is 2.42. The molecule has 2 N–H and O–H groups in total. The van der Waals surface area contributed by atoms with E-state index in [1.165, 1.54) is 0 Å². The molecule has 2 unspecified atom stereocenters. The van der Waals surface area contributed by atoms with Crippen molar-refractivity contribution in [2.24, 2.45) is 0 Å². The predicted molar refractivity (Wildman–Crippen MR) is 111 cm³/mol. The summed E-state index contributed by atoms with van der Waals surface area (Å²) in [5.41, 5.74) is -1.53. The molecule has 140 valence electrons. The van der Waals surface area contributed by atoms with Gasteiger partial charge in [-0.2, -0.15) is 11.8 Å². The number of thioether (sulfide) groups is 1. The molecular formula is C14H26O5P2S3. The first kappa shape index (κ1) is 24.6. The highest BCUT2D eigenvalue weighted by molar-refractivity contribution is 8.69. The fourth-order valence-electron chi connectivity index (χ4n) is 1.39. The van der Waals surface area contributed by atoms with Crippen LogP contribution in [-0.2, 0) is 25.4 Å². The van der Waals surface area contributed by atoms with Gasteiger partial charge in [0.15, 0.2) is 5.85 Å². The van der Waals surface area contributed by atoms with Gasteiger partial charge in [-0.15, -0.1) is 0 Å². The van der Waals surface area contributed by atoms with Gasteiger partial charge in [-0.25, -0.2) is 0 Å². The molecule has 0 aliphatic rings. The summed E-state index contributed by atoms with van der Waals surface area (Å²) in [6.07, 6.45) is 0. The molecular weight excluding hydrogens is 406 g/mol. The number of aliphatic hydroxyl groups is 1. The second-order valence-electron chi connectivity index (χ2n) is 4.17. The lowest BCUT2D eigenvalue weighted by Crippen LogP contribution is -1.92. The second-order valence-corrected chi connectivity index (χ2v) is 13.3. The summed E-state index contributed by atoms with van der Waals surface area (Å²) in [4.78, 5) is 8.57. The fourth-order valence-corrected chi connectivity index (χ4v) is 8.91. The molecule has 0 aromatic heterocycles. The van der Waals surface area contributed by atoms with E-state index >= 15 is 0 Å². The van der Waals surface area contributed by atoms with Crippen LogP contribution in [0.1, 0.15) is 32.2 Å². The van der Waals surface area contributed by atoms with Crippen LogP contribution < -0.4 is 0 Å². The average Bonchev–Trinajstić information content (AvgIpc) is 2.56. The zero-order valence-corrected chi connectivity index (χ0v) is 18.4. The third kappa shape index (κ3) is 11.3. The van der Waals surface area contributed by atoms with Gasteiger partial charge in [-0.3, -0.25) is 4.57 Å². The Morgan fingerprint density at radius 3 is 2.17 bits per heavy atom. The van der Waals surface area contributed by atoms with Crippen molar-refractivity contribution in [3.05, 3.63) is 35.9 Å². The van der Waals surface area contributed by atoms with Gasteiger partial charge < -0.3 is 19.0 Å². The summed E-state index contributed by atoms with van der Waals surface area (Å²) >= 11 is 8.82. The summed E-state index contributed by atoms with van der Waals surface area (Å²) in [7, 11) is -2.86. The van der Waals surface area contributed by atoms with Crippen molar-refractivity contribution < 1.29 is 23.6 Å². The molecule has 0 fully saturated rings. The maximum Gasteiger partial charge on any atom is 0.248 e. The molecule has 1 aromatic rings. The van der Waals surface area contributed by atoms with Crippen LogP contribution in [0, 0.1) is 0 Å². The summed E-state index contributed by atoms with van der Waals surface area (Å²) in [6.45, 7) is 7.32. The van der Waals surface area contributed by atoms with Crippen molar-refractivity contribution in [3.8, 4) is 0 Å². The molecule has 2 atom stereocenters. The average molecular weight is 433 g/mol. The first-order valence-corrected chi connectivity index (χ1v) is 14.3. The quantitative estimate of drug-likeness (QED) is 0.308. The van der Waals surface area contributed by atoms with Crippen molar-refractivity contribution in [1.82, 2.24) is 0 Å². The minimum Gasteiger partial charge on any atom is -0.378 e. The molecule has 1 aromatic carbocycles. The minimum absolute atomic E-state index is 0.485. The Hall–Kier alpha value is 0.640. The molecule has 1 rings (SSSR count). The zero-order valence-electron chi connectivity index (χ0n) is 14.1. The SMILES string of the molecule is CCOP(=S)(OCC)SCSCC.O=[PH](O)C(O)c1ccccc1. The largest absolute Gasteiger partial charge is 0.378 e. The van der Waals surface area contributed by atoms with E-state index in [-0.39, 0.29) is 0 Å². The predicted octanol–water partition coefficient (Wildman–Crippen LogP) is 4.87. The van der Waals surface area contributed by atoms with Crippen LogP contribution in [0.25, 0.3) is 0 Å². The Morgan fingerprint density at radius 1 is 1.21 bits per heavy atom. The molecule has 0 amide bonds. The van der Waals surface area contributed by atoms with Gasteiger partial charge in [0.25, 0.3) is 0 Å². The molecule has 0 saturated heterocycles. The van der Waals surface area contributed by atoms with Gasteiger partial charge >= 0.3 is 0 Å². The first-order chi connectivity index (χ1) is 11.4. The van der Waals surface area contributed by atoms with E-state index in [1.54, 1.807) is 41.7 Å². The maximum absolute atomic E-state index is 10.4. The van der Waals surface area contributed by atoms with Crippen molar-refractivity contribution in [2.75, 3.05) is 24.1 Å². The van der Waals surface area contributed by atoms with Gasteiger partial charge in [-0.05, 0) is 37.0 Å². The molecule has 0 aliphatic carbocycles. The Bertz CT molecular complexity index is 494. The highest BCUT2D eigenvalue weighted by Crippen LogP contribution is 2.61. The number of hydrogen-bond acceptors (Lipinski definition) is 7. The van der Waals surface area contributed by atoms with Crippen molar-refractivity contribution in [3.63, 3.8) is 0 Å². The Morgan fingerprint density at radius 2 is 1.75 bits per heavy atom. The monoisotopic (exact) mass is 432 g/mol. The topological polar surface area (TPSA) is 76.0 Å². The Labute approximate surface area is 158 Å². The summed E-state index contributed by atoms with van der Waals surface area (Å²) < 4.78 is 21.4. The van der Waals surface area contributed by atoms with Crippen molar-refractivity contribution >= 4 is 48.7 Å². The van der Waals surface area contributed by atoms with E-state index in [1.807, 2.05) is 25.6 Å². The Kier molecular flexibility index (Phi) is 15.2. The van der Waals surface area contributed by atoms with E-state index in [9.17, 15) is 4.57 Å². The lowest BCUT2D eigenvalue weighted by atomic mass is 10.2. The van der Waals surface area contributed by atoms with Gasteiger partial charge in [0.2, 0.25) is 13.7 Å². The van der Waals surface area contributed by atoms with Gasteiger partial charge in [0.1, 0.15) is 0 Å². The Balaban J connectivity index is 0.000000446. The lowest BCUT2D eigenvalue weighted by Gasteiger charge is -2.19. The van der Waals surface area contributed by atoms with Gasteiger partial charge in [-0.1, -0.05) is 48.6 Å². The van der Waals surface area contributed by atoms with E-state index in [0.717, 1.165) is 10.8 Å². The van der Waals surface area contributed by atoms with Crippen LogP contribution in [0.2, 0.25) is 0 Å². The van der Waals surface area contributed by atoms with E-state index in [2.05, 4.69) is 6.92 Å². The normalized spacial score (nSPS) is 13.7. The lowest BCUT2D eigenvalue weighted by molar-refractivity contribution is 0.243. The van der Waals surface area contributed by atoms with E-state index in [0.29, 0.717) is 18.8 Å². The van der Waals surface area contributed by atoms with Crippen LogP contribution in [0.15, 0.2) is 30.3 Å². The van der Waals surface area contributed by atoms with Crippen LogP contribution in [0.3, 0.4) is 0 Å². The minimum atomic E-state index is -2.86. The third-order valence-corrected chi connectivity index (χ3v) is 10.3. The second kappa shape index (κ2) is 14.8. The fraction of sp³-hybridized carbons (Fsp3) is 0.571. The van der Waals surface area contributed by atoms with Crippen molar-refractivity contribution in [1.29, 1.82) is 0 Å². The van der Waals surface area contributed by atoms with Crippen LogP contribution in [0.4, 0.5) is 0 Å². The molecule has 5 nitrogen and oxygen atoms in total. The van der Waals surface area contributed by atoms with Crippen LogP contribution in [0.5, 0.6) is 0 Å². The number of benzene rings is 1. The molecule has 24 heavy (non-hydrogen) atoms. The van der Waals surface area contributed by atoms with Crippen molar-refractivity contribution in [2.45, 2.75) is 26.6 Å². The zero-order chi connectivity index (χ0) is 18.4. The summed E-state index contributed by atoms with van der Waals surface area (Å²) in [5, 5.41) is 10.0. The van der Waals surface area contributed by atoms with Crippen LogP contribution >= 0.6 is 36.9 Å². The molecule has 10 heteroatoms. The number of aliphatic hydroxyl groups excluding tert-OH is 1. The molecule has 0 spiro atoms. The van der Waals surface area contributed by atoms with Gasteiger partial charge in [0, 0.05) is 5.08 Å². The summed E-state index contributed by atoms with van der Waals surface area (Å²) in [5.74, 6) is -0.109. The molecule has 0 heterocycles. The highest BCUT2D eigenvalue weighted by Gasteiger charge is 2.17. The molecule has 0 aliphatic heterocycles. The number of hydrogen-bond donors (Lipinski definition) is 2. The van der Waals surface area contributed by atoms with Crippen LogP contribution in [-0.4, -0.2) is 34.1 Å². The standard InChI is InChI=1S/C7H9O3P.C7H17O2PS3/c8-7(11(9)10)6-4-2-1-3-5-6;1-4-8-10(11,9-5-2)13-7-12-6-3/h1-5,7-8,11H,(H,9,10);4-7H2,1-3H3. The smallest absolute Gasteiger partial charge is 0.248 e. The van der Waals surface area contributed by atoms with Gasteiger partial charge in [0.05, 0.1) is 13.2 Å².